The normalized spacial score (nSPS) is 21.1. The van der Waals surface area contributed by atoms with Crippen molar-refractivity contribution < 1.29 is 17.9 Å². The lowest BCUT2D eigenvalue weighted by atomic mass is 9.71. The van der Waals surface area contributed by atoms with E-state index in [0.717, 1.165) is 16.7 Å². The zero-order valence-electron chi connectivity index (χ0n) is 29.1. The smallest absolute Gasteiger partial charge is 0.326 e. The van der Waals surface area contributed by atoms with Gasteiger partial charge in [-0.2, -0.15) is 4.98 Å². The fourth-order valence-electron chi connectivity index (χ4n) is 6.82. The molecule has 268 valence electrons. The Kier molecular flexibility index (Phi) is 10.7. The lowest BCUT2D eigenvalue weighted by Gasteiger charge is -2.47. The van der Waals surface area contributed by atoms with E-state index >= 15 is 4.79 Å². The predicted molar refractivity (Wildman–Crippen MR) is 200 cm³/mol. The highest BCUT2D eigenvalue weighted by Gasteiger charge is 2.60. The van der Waals surface area contributed by atoms with Crippen molar-refractivity contribution >= 4 is 44.9 Å². The molecule has 0 N–H and O–H groups in total. The van der Waals surface area contributed by atoms with E-state index < -0.39 is 20.9 Å². The summed E-state index contributed by atoms with van der Waals surface area (Å²) in [4.78, 5) is 40.1. The largest absolute Gasteiger partial charge is 0.477 e. The molecule has 0 radical (unpaired) electrons. The number of pyridine rings is 1. The number of ether oxygens (including phenoxy) is 1. The number of benzene rings is 2. The maximum Gasteiger partial charge on any atom is 0.326 e. The summed E-state index contributed by atoms with van der Waals surface area (Å²) in [6.45, 7) is 8.98. The van der Waals surface area contributed by atoms with Gasteiger partial charge >= 0.3 is 6.03 Å². The van der Waals surface area contributed by atoms with Crippen molar-refractivity contribution in [3.63, 3.8) is 0 Å². The quantitative estimate of drug-likeness (QED) is 0.185. The van der Waals surface area contributed by atoms with E-state index in [1.54, 1.807) is 23.5 Å². The molecule has 2 aromatic heterocycles. The Labute approximate surface area is 309 Å². The first-order valence-electron chi connectivity index (χ1n) is 16.9. The van der Waals surface area contributed by atoms with Crippen LogP contribution in [0.25, 0.3) is 11.4 Å². The average molecular weight is 751 g/mol. The van der Waals surface area contributed by atoms with Gasteiger partial charge in [0.2, 0.25) is 5.88 Å². The number of amidine groups is 1. The number of carbonyl (C=O) groups excluding carboxylic acids is 1. The van der Waals surface area contributed by atoms with E-state index in [1.807, 2.05) is 86.3 Å². The van der Waals surface area contributed by atoms with Crippen LogP contribution < -0.4 is 4.74 Å². The molecule has 0 spiro atoms. The Bertz CT molecular complexity index is 2010. The number of hydrogen-bond acceptors (Lipinski definition) is 9. The third-order valence-corrected chi connectivity index (χ3v) is 11.3. The van der Waals surface area contributed by atoms with Crippen molar-refractivity contribution in [3.8, 4) is 17.3 Å². The Morgan fingerprint density at radius 3 is 2.16 bits per heavy atom. The van der Waals surface area contributed by atoms with Gasteiger partial charge in [-0.3, -0.25) is 19.8 Å². The summed E-state index contributed by atoms with van der Waals surface area (Å²) in [6, 6.07) is 18.5. The van der Waals surface area contributed by atoms with E-state index in [9.17, 15) is 8.42 Å². The Morgan fingerprint density at radius 2 is 1.57 bits per heavy atom. The Hall–Kier alpha value is -4.10. The van der Waals surface area contributed by atoms with E-state index in [1.165, 1.54) is 6.26 Å². The van der Waals surface area contributed by atoms with Crippen molar-refractivity contribution in [2.24, 2.45) is 4.99 Å². The zero-order chi connectivity index (χ0) is 36.4. The molecule has 2 unspecified atom stereocenters. The number of sulfone groups is 1. The molecular formula is C37H41Cl2N7O4S. The minimum absolute atomic E-state index is 0.131. The second-order valence-electron chi connectivity index (χ2n) is 13.1. The fourth-order valence-corrected chi connectivity index (χ4v) is 7.73. The molecule has 2 amide bonds. The summed E-state index contributed by atoms with van der Waals surface area (Å²) < 4.78 is 29.6. The summed E-state index contributed by atoms with van der Waals surface area (Å²) in [7, 11) is -3.05. The van der Waals surface area contributed by atoms with E-state index in [2.05, 4.69) is 9.88 Å². The number of nitrogens with zero attached hydrogens (tertiary/aromatic N) is 7. The van der Waals surface area contributed by atoms with Gasteiger partial charge < -0.3 is 9.64 Å². The minimum Gasteiger partial charge on any atom is -0.477 e. The maximum atomic E-state index is 15.2. The van der Waals surface area contributed by atoms with Gasteiger partial charge in [-0.25, -0.2) is 18.2 Å². The van der Waals surface area contributed by atoms with Crippen molar-refractivity contribution in [2.45, 2.75) is 38.3 Å². The van der Waals surface area contributed by atoms with Crippen LogP contribution in [0.15, 0.2) is 84.2 Å². The first kappa shape index (κ1) is 36.7. The highest BCUT2D eigenvalue weighted by Crippen LogP contribution is 2.54. The number of aliphatic imine (C=N–C) groups is 1. The lowest BCUT2D eigenvalue weighted by molar-refractivity contribution is 0.0868. The van der Waals surface area contributed by atoms with Crippen molar-refractivity contribution in [1.82, 2.24) is 29.7 Å². The number of carbonyl (C=O) groups is 1. The van der Waals surface area contributed by atoms with Gasteiger partial charge in [0.1, 0.15) is 26.8 Å². The molecule has 4 aromatic rings. The minimum atomic E-state index is -3.05. The number of halogens is 2. The molecule has 4 heterocycles. The molecule has 1 saturated heterocycles. The van der Waals surface area contributed by atoms with Gasteiger partial charge in [0.25, 0.3) is 0 Å². The van der Waals surface area contributed by atoms with Gasteiger partial charge in [0, 0.05) is 66.6 Å². The zero-order valence-corrected chi connectivity index (χ0v) is 31.4. The van der Waals surface area contributed by atoms with Crippen LogP contribution in [0.5, 0.6) is 5.88 Å². The molecule has 14 heteroatoms. The number of piperazine rings is 1. The number of aromatic nitrogens is 3. The molecule has 6 rings (SSSR count). The van der Waals surface area contributed by atoms with Crippen molar-refractivity contribution in [2.75, 3.05) is 51.3 Å². The molecule has 0 aliphatic carbocycles. The van der Waals surface area contributed by atoms with Crippen LogP contribution in [0.4, 0.5) is 4.79 Å². The molecule has 11 nitrogen and oxygen atoms in total. The van der Waals surface area contributed by atoms with Gasteiger partial charge in [-0.05, 0) is 81.3 Å². The maximum absolute atomic E-state index is 15.2. The van der Waals surface area contributed by atoms with E-state index in [4.69, 9.17) is 42.9 Å². The summed E-state index contributed by atoms with van der Waals surface area (Å²) in [5.41, 5.74) is 0.735. The van der Waals surface area contributed by atoms with Crippen LogP contribution in [-0.2, 0) is 20.9 Å². The molecular weight excluding hydrogens is 709 g/mol. The Morgan fingerprint density at radius 1 is 0.922 bits per heavy atom. The second-order valence-corrected chi connectivity index (χ2v) is 16.2. The first-order valence-corrected chi connectivity index (χ1v) is 19.7. The fraction of sp³-hybridized carbons (Fsp3) is 0.378. The third-order valence-electron chi connectivity index (χ3n) is 9.77. The summed E-state index contributed by atoms with van der Waals surface area (Å²) in [6.07, 6.45) is 6.82. The summed E-state index contributed by atoms with van der Waals surface area (Å²) in [5, 5.41) is 1.15. The molecule has 51 heavy (non-hydrogen) atoms. The van der Waals surface area contributed by atoms with Crippen molar-refractivity contribution in [1.29, 1.82) is 0 Å². The molecule has 2 aromatic carbocycles. The number of hydrogen-bond donors (Lipinski definition) is 0. The van der Waals surface area contributed by atoms with Gasteiger partial charge in [-0.15, -0.1) is 0 Å². The first-order chi connectivity index (χ1) is 24.3. The number of rotatable bonds is 10. The molecule has 2 aliphatic heterocycles. The molecule has 2 aliphatic rings. The van der Waals surface area contributed by atoms with Crippen LogP contribution in [0.3, 0.4) is 0 Å². The highest BCUT2D eigenvalue weighted by molar-refractivity contribution is 7.90. The molecule has 0 bridgehead atoms. The predicted octanol–water partition coefficient (Wildman–Crippen LogP) is 6.31. The second kappa shape index (κ2) is 14.9. The van der Waals surface area contributed by atoms with E-state index in [0.29, 0.717) is 73.0 Å². The number of urea groups is 1. The van der Waals surface area contributed by atoms with E-state index in [-0.39, 0.29) is 17.7 Å². The lowest BCUT2D eigenvalue weighted by Crippen LogP contribution is -2.60. The SMILES string of the molecule is CCOc1nc(-c2cccnc2)ncc1C1=NC(C)(c2ccc(Cl)cc2)C(C)(c2ccc(Cl)cc2)N1C(=O)N1CCN(CCCS(C)(=O)=O)CC1. The summed E-state index contributed by atoms with van der Waals surface area (Å²) >= 11 is 12.8. The number of amides is 2. The van der Waals surface area contributed by atoms with Crippen LogP contribution >= 0.6 is 23.2 Å². The van der Waals surface area contributed by atoms with Crippen LogP contribution in [0.2, 0.25) is 10.0 Å². The van der Waals surface area contributed by atoms with Crippen molar-refractivity contribution in [3.05, 3.63) is 106 Å². The Balaban J connectivity index is 1.48. The molecule has 0 saturated carbocycles. The average Bonchev–Trinajstić information content (AvgIpc) is 3.36. The third kappa shape index (κ3) is 7.46. The summed E-state index contributed by atoms with van der Waals surface area (Å²) in [5.74, 6) is 1.22. The standard InChI is InChI=1S/C37H41Cl2N7O4S/c1-5-50-34-31(25-41-32(42-34)26-8-6-17-40-24-26)33-43-36(2,27-9-13-29(38)14-10-27)37(3,28-11-15-30(39)16-12-28)46(33)35(47)45-21-19-44(20-22-45)18-7-23-51(4,48)49/h6,8-17,24-25H,5,7,18-23H2,1-4H3. The van der Waals surface area contributed by atoms with Crippen LogP contribution in [0, 0.1) is 0 Å². The van der Waals surface area contributed by atoms with Gasteiger partial charge in [0.15, 0.2) is 5.82 Å². The van der Waals surface area contributed by atoms with Gasteiger partial charge in [-0.1, -0.05) is 47.5 Å². The van der Waals surface area contributed by atoms with Crippen LogP contribution in [-0.4, -0.2) is 101 Å². The highest BCUT2D eigenvalue weighted by atomic mass is 35.5. The topological polar surface area (TPSA) is 121 Å². The molecule has 1 fully saturated rings. The van der Waals surface area contributed by atoms with Crippen LogP contribution in [0.1, 0.15) is 43.9 Å². The monoisotopic (exact) mass is 749 g/mol. The van der Waals surface area contributed by atoms with Gasteiger partial charge in [0.05, 0.1) is 17.9 Å². The molecule has 2 atom stereocenters.